The van der Waals surface area contributed by atoms with E-state index in [1.165, 1.54) is 0 Å². The fourth-order valence-electron chi connectivity index (χ4n) is 2.79. The van der Waals surface area contributed by atoms with Gasteiger partial charge in [0.15, 0.2) is 0 Å². The third-order valence-corrected chi connectivity index (χ3v) is 3.91. The van der Waals surface area contributed by atoms with E-state index in [1.54, 1.807) is 0 Å². The number of hydrogen-bond donors (Lipinski definition) is 3. The molecule has 1 fully saturated rings. The van der Waals surface area contributed by atoms with Crippen LogP contribution in [0.3, 0.4) is 0 Å². The third-order valence-electron chi connectivity index (χ3n) is 3.91. The first kappa shape index (κ1) is 15.0. The van der Waals surface area contributed by atoms with Crippen LogP contribution < -0.4 is 11.1 Å². The standard InChI is InChI=1S/C16H24N2O2/c17-14-8-4-7-13(10-14)16(20)18-11-15(19)9-12-5-2-1-3-6-12/h1-3,5-6,13-15,19H,4,7-11,17H2,(H,18,20). The van der Waals surface area contributed by atoms with E-state index in [9.17, 15) is 9.90 Å². The van der Waals surface area contributed by atoms with Gasteiger partial charge in [-0.05, 0) is 24.8 Å². The summed E-state index contributed by atoms with van der Waals surface area (Å²) in [5.41, 5.74) is 6.97. The van der Waals surface area contributed by atoms with Crippen LogP contribution >= 0.6 is 0 Å². The molecule has 0 aromatic heterocycles. The summed E-state index contributed by atoms with van der Waals surface area (Å²) < 4.78 is 0. The lowest BCUT2D eigenvalue weighted by molar-refractivity contribution is -0.126. The molecule has 0 heterocycles. The van der Waals surface area contributed by atoms with Gasteiger partial charge in [0.2, 0.25) is 5.91 Å². The lowest BCUT2D eigenvalue weighted by Gasteiger charge is -2.26. The van der Waals surface area contributed by atoms with Gasteiger partial charge in [-0.15, -0.1) is 0 Å². The van der Waals surface area contributed by atoms with Gasteiger partial charge in [-0.2, -0.15) is 0 Å². The molecule has 4 nitrogen and oxygen atoms in total. The first-order valence-electron chi connectivity index (χ1n) is 7.40. The van der Waals surface area contributed by atoms with Crippen LogP contribution in [0, 0.1) is 5.92 Å². The lowest BCUT2D eigenvalue weighted by atomic mass is 9.85. The Balaban J connectivity index is 1.72. The van der Waals surface area contributed by atoms with Gasteiger partial charge in [0, 0.05) is 24.9 Å². The maximum atomic E-state index is 12.0. The van der Waals surface area contributed by atoms with Crippen molar-refractivity contribution in [1.82, 2.24) is 5.32 Å². The fraction of sp³-hybridized carbons (Fsp3) is 0.562. The second-order valence-electron chi connectivity index (χ2n) is 5.71. The zero-order valence-corrected chi connectivity index (χ0v) is 11.8. The molecule has 110 valence electrons. The van der Waals surface area contributed by atoms with Gasteiger partial charge in [-0.1, -0.05) is 36.8 Å². The van der Waals surface area contributed by atoms with Gasteiger partial charge in [0.1, 0.15) is 0 Å². The smallest absolute Gasteiger partial charge is 0.223 e. The Morgan fingerprint density at radius 2 is 2.10 bits per heavy atom. The SMILES string of the molecule is NC1CCCC(C(=O)NCC(O)Cc2ccccc2)C1. The quantitative estimate of drug-likeness (QED) is 0.757. The third kappa shape index (κ3) is 4.62. The molecule has 0 aliphatic heterocycles. The molecule has 20 heavy (non-hydrogen) atoms. The molecule has 0 saturated heterocycles. The number of aliphatic hydroxyl groups is 1. The highest BCUT2D eigenvalue weighted by Crippen LogP contribution is 2.23. The molecule has 1 aliphatic rings. The van der Waals surface area contributed by atoms with Crippen molar-refractivity contribution in [3.05, 3.63) is 35.9 Å². The number of aliphatic hydroxyl groups excluding tert-OH is 1. The van der Waals surface area contributed by atoms with Crippen molar-refractivity contribution in [1.29, 1.82) is 0 Å². The van der Waals surface area contributed by atoms with Crippen LogP contribution in [-0.4, -0.2) is 29.7 Å². The molecule has 4 N–H and O–H groups in total. The summed E-state index contributed by atoms with van der Waals surface area (Å²) >= 11 is 0. The highest BCUT2D eigenvalue weighted by Gasteiger charge is 2.25. The number of carbonyl (C=O) groups is 1. The van der Waals surface area contributed by atoms with E-state index in [0.29, 0.717) is 13.0 Å². The number of nitrogens with two attached hydrogens (primary N) is 1. The Morgan fingerprint density at radius 1 is 1.35 bits per heavy atom. The van der Waals surface area contributed by atoms with Gasteiger partial charge >= 0.3 is 0 Å². The number of carbonyl (C=O) groups excluding carboxylic acids is 1. The van der Waals surface area contributed by atoms with E-state index in [4.69, 9.17) is 5.73 Å². The summed E-state index contributed by atoms with van der Waals surface area (Å²) in [5, 5.41) is 12.8. The molecule has 0 bridgehead atoms. The predicted octanol–water partition coefficient (Wildman–Crippen LogP) is 1.22. The first-order chi connectivity index (χ1) is 9.65. The normalized spacial score (nSPS) is 24.1. The second kappa shape index (κ2) is 7.41. The molecule has 3 unspecified atom stereocenters. The van der Waals surface area contributed by atoms with E-state index in [-0.39, 0.29) is 17.9 Å². The van der Waals surface area contributed by atoms with Crippen molar-refractivity contribution in [3.8, 4) is 0 Å². The number of nitrogens with one attached hydrogen (secondary N) is 1. The minimum absolute atomic E-state index is 0.0164. The van der Waals surface area contributed by atoms with Crippen LogP contribution in [0.25, 0.3) is 0 Å². The molecule has 1 amide bonds. The zero-order valence-electron chi connectivity index (χ0n) is 11.8. The molecule has 2 rings (SSSR count). The molecular weight excluding hydrogens is 252 g/mol. The number of rotatable bonds is 5. The lowest BCUT2D eigenvalue weighted by Crippen LogP contribution is -2.40. The van der Waals surface area contributed by atoms with Gasteiger partial charge in [0.05, 0.1) is 6.10 Å². The second-order valence-corrected chi connectivity index (χ2v) is 5.71. The molecule has 1 aromatic carbocycles. The van der Waals surface area contributed by atoms with Crippen molar-refractivity contribution in [2.75, 3.05) is 6.54 Å². The summed E-state index contributed by atoms with van der Waals surface area (Å²) in [5.74, 6) is 0.0509. The van der Waals surface area contributed by atoms with E-state index in [2.05, 4.69) is 5.32 Å². The number of hydrogen-bond acceptors (Lipinski definition) is 3. The van der Waals surface area contributed by atoms with Crippen LogP contribution in [0.15, 0.2) is 30.3 Å². The van der Waals surface area contributed by atoms with E-state index in [0.717, 1.165) is 31.2 Å². The monoisotopic (exact) mass is 276 g/mol. The zero-order chi connectivity index (χ0) is 14.4. The number of amides is 1. The van der Waals surface area contributed by atoms with Crippen LogP contribution in [0.5, 0.6) is 0 Å². The van der Waals surface area contributed by atoms with Gasteiger partial charge in [0.25, 0.3) is 0 Å². The maximum Gasteiger partial charge on any atom is 0.223 e. The minimum atomic E-state index is -0.543. The predicted molar refractivity (Wildman–Crippen MR) is 79.1 cm³/mol. The fourth-order valence-corrected chi connectivity index (χ4v) is 2.79. The van der Waals surface area contributed by atoms with Crippen molar-refractivity contribution < 1.29 is 9.90 Å². The molecule has 0 spiro atoms. The summed E-state index contributed by atoms with van der Waals surface area (Å²) in [6.07, 6.45) is 3.73. The Bertz CT molecular complexity index is 422. The molecule has 1 aromatic rings. The van der Waals surface area contributed by atoms with Crippen molar-refractivity contribution >= 4 is 5.91 Å². The first-order valence-corrected chi connectivity index (χ1v) is 7.40. The van der Waals surface area contributed by atoms with Crippen molar-refractivity contribution in [2.45, 2.75) is 44.2 Å². The topological polar surface area (TPSA) is 75.4 Å². The van der Waals surface area contributed by atoms with Gasteiger partial charge < -0.3 is 16.2 Å². The van der Waals surface area contributed by atoms with Gasteiger partial charge in [-0.25, -0.2) is 0 Å². The molecule has 0 radical (unpaired) electrons. The summed E-state index contributed by atoms with van der Waals surface area (Å²) in [4.78, 5) is 12.0. The average molecular weight is 276 g/mol. The summed E-state index contributed by atoms with van der Waals surface area (Å²) in [6.45, 7) is 0.305. The van der Waals surface area contributed by atoms with Crippen molar-refractivity contribution in [2.24, 2.45) is 11.7 Å². The molecule has 3 atom stereocenters. The Labute approximate surface area is 120 Å². The Morgan fingerprint density at radius 3 is 2.80 bits per heavy atom. The minimum Gasteiger partial charge on any atom is -0.391 e. The van der Waals surface area contributed by atoms with Crippen molar-refractivity contribution in [3.63, 3.8) is 0 Å². The summed E-state index contributed by atoms with van der Waals surface area (Å²) in [6, 6.07) is 9.95. The molecule has 1 aliphatic carbocycles. The van der Waals surface area contributed by atoms with E-state index in [1.807, 2.05) is 30.3 Å². The van der Waals surface area contributed by atoms with E-state index >= 15 is 0 Å². The van der Waals surface area contributed by atoms with Crippen LogP contribution in [0.1, 0.15) is 31.2 Å². The summed E-state index contributed by atoms with van der Waals surface area (Å²) in [7, 11) is 0. The largest absolute Gasteiger partial charge is 0.391 e. The van der Waals surface area contributed by atoms with Crippen LogP contribution in [0.4, 0.5) is 0 Å². The average Bonchev–Trinajstić information content (AvgIpc) is 2.46. The van der Waals surface area contributed by atoms with Crippen LogP contribution in [-0.2, 0) is 11.2 Å². The van der Waals surface area contributed by atoms with E-state index < -0.39 is 6.10 Å². The molecule has 4 heteroatoms. The molecular formula is C16H24N2O2. The highest BCUT2D eigenvalue weighted by atomic mass is 16.3. The van der Waals surface area contributed by atoms with Gasteiger partial charge in [-0.3, -0.25) is 4.79 Å². The number of benzene rings is 1. The Kier molecular flexibility index (Phi) is 5.56. The molecule has 1 saturated carbocycles. The van der Waals surface area contributed by atoms with Crippen LogP contribution in [0.2, 0.25) is 0 Å². The highest BCUT2D eigenvalue weighted by molar-refractivity contribution is 5.78. The Hall–Kier alpha value is -1.39. The maximum absolute atomic E-state index is 12.0.